The number of aromatic nitrogens is 2. The highest BCUT2D eigenvalue weighted by Crippen LogP contribution is 2.72. The van der Waals surface area contributed by atoms with Gasteiger partial charge >= 0.3 is 25.8 Å². The lowest BCUT2D eigenvalue weighted by atomic mass is 9.97. The van der Waals surface area contributed by atoms with Crippen LogP contribution in [0.5, 0.6) is 0 Å². The molecular weight excluding hydrogens is 663 g/mol. The average Bonchev–Trinajstić information content (AvgIpc) is 3.40. The molecule has 8 atom stereocenters. The first-order valence-corrected chi connectivity index (χ1v) is 18.1. The van der Waals surface area contributed by atoms with Gasteiger partial charge in [0.25, 0.3) is 5.91 Å². The van der Waals surface area contributed by atoms with Crippen molar-refractivity contribution in [3.63, 3.8) is 0 Å². The highest BCUT2D eigenvalue weighted by Gasteiger charge is 2.92. The summed E-state index contributed by atoms with van der Waals surface area (Å²) in [6.45, 7) is 10.9. The zero-order valence-electron chi connectivity index (χ0n) is 29.1. The summed E-state index contributed by atoms with van der Waals surface area (Å²) in [6, 6.07) is -2.72. The van der Waals surface area contributed by atoms with Gasteiger partial charge in [-0.25, -0.2) is 20.0 Å². The number of ether oxygens (including phenoxy) is 5. The molecule has 1 aromatic rings. The topological polar surface area (TPSA) is 221 Å². The smallest absolute Gasteiger partial charge is 0.468 e. The number of methoxy groups -OCH3 is 2. The van der Waals surface area contributed by atoms with Crippen LogP contribution in [0.15, 0.2) is 11.3 Å². The lowest BCUT2D eigenvalue weighted by molar-refractivity contribution is -0.143. The van der Waals surface area contributed by atoms with Crippen LogP contribution in [-0.4, -0.2) is 95.7 Å². The van der Waals surface area contributed by atoms with E-state index >= 15 is 0 Å². The highest BCUT2D eigenvalue weighted by atomic mass is 31.2. The Morgan fingerprint density at radius 1 is 1.10 bits per heavy atom. The van der Waals surface area contributed by atoms with Crippen molar-refractivity contribution in [2.75, 3.05) is 20.8 Å². The molecule has 272 valence electrons. The number of hydrogen-bond donors (Lipinski definition) is 3. The zero-order valence-corrected chi connectivity index (χ0v) is 30.0. The van der Waals surface area contributed by atoms with Crippen LogP contribution in [0.3, 0.4) is 0 Å². The Kier molecular flexibility index (Phi) is 10.3. The number of esters is 2. The molecule has 1 aliphatic carbocycles. The standard InChI is InChI=1S/C31H47N6O11P/c1-15(2)11-18(26(39)43-7)35-49(42,36-19(12-16(3)4)27(40)44-8)45-13-20-24-31(48-29(41)46-24)28(30(31,6)47-20)37-14-33-22-23(37)17(5)9-10-21(32)34-25(22)38/h14-20,24,28H,9-13H2,1-8H3,(H2,32,34,38)(H2,35,36,42). The minimum Gasteiger partial charge on any atom is -0.468 e. The largest absolute Gasteiger partial charge is 0.509 e. The van der Waals surface area contributed by atoms with Gasteiger partial charge < -0.3 is 38.5 Å². The molecule has 8 unspecified atom stereocenters. The molecule has 1 aromatic heterocycles. The maximum atomic E-state index is 14.6. The number of hydrogen-bond acceptors (Lipinski definition) is 13. The number of carbonyl (C=O) groups excluding carboxylic acids is 4. The van der Waals surface area contributed by atoms with Crippen LogP contribution in [0.2, 0.25) is 0 Å². The third kappa shape index (κ3) is 6.75. The Morgan fingerprint density at radius 2 is 1.69 bits per heavy atom. The molecule has 4 heterocycles. The van der Waals surface area contributed by atoms with Crippen molar-refractivity contribution in [3.8, 4) is 0 Å². The Labute approximate surface area is 284 Å². The molecule has 4 N–H and O–H groups in total. The SMILES string of the molecule is COC(=O)C(CC(C)C)NP(=O)(NC(CC(C)C)C(=O)OC)OCC1OC2(C)C(n3cnc4c3C(C)CCC(N)=NC4=O)C23OC(=O)OC13. The van der Waals surface area contributed by atoms with E-state index in [0.29, 0.717) is 18.5 Å². The Morgan fingerprint density at radius 3 is 2.24 bits per heavy atom. The summed E-state index contributed by atoms with van der Waals surface area (Å²) in [5, 5.41) is 5.58. The van der Waals surface area contributed by atoms with Crippen LogP contribution in [0.4, 0.5) is 4.79 Å². The lowest BCUT2D eigenvalue weighted by Gasteiger charge is -2.31. The molecule has 3 aliphatic heterocycles. The van der Waals surface area contributed by atoms with Gasteiger partial charge in [0.2, 0.25) is 5.60 Å². The molecule has 1 saturated carbocycles. The molecular formula is C31H47N6O11P. The second kappa shape index (κ2) is 13.7. The minimum atomic E-state index is -4.26. The second-order valence-corrected chi connectivity index (χ2v) is 16.0. The minimum absolute atomic E-state index is 0.000967. The van der Waals surface area contributed by atoms with Crippen LogP contribution >= 0.6 is 7.67 Å². The van der Waals surface area contributed by atoms with Crippen molar-refractivity contribution in [3.05, 3.63) is 17.7 Å². The Balaban J connectivity index is 1.42. The number of fused-ring (bicyclic) bond motifs is 1. The van der Waals surface area contributed by atoms with Gasteiger partial charge in [0.15, 0.2) is 11.8 Å². The van der Waals surface area contributed by atoms with Gasteiger partial charge in [-0.3, -0.25) is 18.9 Å². The molecule has 18 heteroatoms. The van der Waals surface area contributed by atoms with E-state index in [2.05, 4.69) is 20.2 Å². The van der Waals surface area contributed by atoms with E-state index < -0.39 is 79.8 Å². The average molecular weight is 711 g/mol. The fourth-order valence-corrected chi connectivity index (χ4v) is 9.17. The fourth-order valence-electron chi connectivity index (χ4n) is 7.35. The van der Waals surface area contributed by atoms with E-state index in [0.717, 1.165) is 0 Å². The van der Waals surface area contributed by atoms with Gasteiger partial charge in [0.05, 0.1) is 32.8 Å². The van der Waals surface area contributed by atoms with Crippen molar-refractivity contribution in [2.45, 2.75) is 115 Å². The lowest BCUT2D eigenvalue weighted by Crippen LogP contribution is -2.46. The quantitative estimate of drug-likeness (QED) is 0.144. The predicted octanol–water partition coefficient (Wildman–Crippen LogP) is 2.74. The molecule has 1 spiro atoms. The van der Waals surface area contributed by atoms with Crippen molar-refractivity contribution >= 4 is 37.5 Å². The van der Waals surface area contributed by atoms with E-state index in [1.165, 1.54) is 20.5 Å². The molecule has 49 heavy (non-hydrogen) atoms. The Hall–Kier alpha value is -3.37. The summed E-state index contributed by atoms with van der Waals surface area (Å²) in [7, 11) is -1.82. The summed E-state index contributed by atoms with van der Waals surface area (Å²) in [5.41, 5.74) is 4.21. The van der Waals surface area contributed by atoms with Gasteiger partial charge in [-0.1, -0.05) is 34.6 Å². The van der Waals surface area contributed by atoms with Gasteiger partial charge in [0, 0.05) is 6.42 Å². The first-order valence-electron chi connectivity index (χ1n) is 16.5. The van der Waals surface area contributed by atoms with Crippen molar-refractivity contribution in [2.24, 2.45) is 22.6 Å². The normalized spacial score (nSPS) is 31.3. The Bertz CT molecular complexity index is 1530. The number of rotatable bonds is 14. The maximum Gasteiger partial charge on any atom is 0.509 e. The van der Waals surface area contributed by atoms with E-state index in [1.54, 1.807) is 11.5 Å². The molecule has 3 fully saturated rings. The third-order valence-corrected chi connectivity index (χ3v) is 11.4. The fraction of sp³-hybridized carbons (Fsp3) is 0.742. The van der Waals surface area contributed by atoms with Crippen LogP contribution in [0, 0.1) is 11.8 Å². The number of nitrogens with one attached hydrogen (secondary N) is 2. The van der Waals surface area contributed by atoms with Crippen LogP contribution in [0.25, 0.3) is 0 Å². The third-order valence-electron chi connectivity index (χ3n) is 9.57. The number of carbonyl (C=O) groups is 4. The van der Waals surface area contributed by atoms with Gasteiger partial charge in [0.1, 0.15) is 35.7 Å². The van der Waals surface area contributed by atoms with Crippen LogP contribution in [-0.2, 0) is 42.4 Å². The molecule has 2 saturated heterocycles. The second-order valence-electron chi connectivity index (χ2n) is 14.1. The van der Waals surface area contributed by atoms with Gasteiger partial charge in [-0.2, -0.15) is 4.99 Å². The summed E-state index contributed by atoms with van der Waals surface area (Å²) in [5.74, 6) is -1.80. The molecule has 1 amide bonds. The summed E-state index contributed by atoms with van der Waals surface area (Å²) < 4.78 is 50.3. The van der Waals surface area contributed by atoms with E-state index in [-0.39, 0.29) is 42.1 Å². The summed E-state index contributed by atoms with van der Waals surface area (Å²) in [4.78, 5) is 59.4. The number of aliphatic imine (C=N–C) groups is 1. The van der Waals surface area contributed by atoms with Crippen LogP contribution in [0.1, 0.15) is 95.4 Å². The summed E-state index contributed by atoms with van der Waals surface area (Å²) in [6.07, 6.45) is 0.140. The predicted molar refractivity (Wildman–Crippen MR) is 173 cm³/mol. The number of amidine groups is 1. The van der Waals surface area contributed by atoms with Gasteiger partial charge in [-0.15, -0.1) is 0 Å². The molecule has 0 radical (unpaired) electrons. The molecule has 5 rings (SSSR count). The number of imidazole rings is 1. The molecule has 0 bridgehead atoms. The molecule has 4 aliphatic rings. The zero-order chi connectivity index (χ0) is 36.1. The van der Waals surface area contributed by atoms with Crippen LogP contribution < -0.4 is 15.9 Å². The monoisotopic (exact) mass is 710 g/mol. The maximum absolute atomic E-state index is 14.6. The first kappa shape index (κ1) is 36.9. The molecule has 0 aromatic carbocycles. The highest BCUT2D eigenvalue weighted by molar-refractivity contribution is 7.54. The van der Waals surface area contributed by atoms with E-state index in [1.807, 2.05) is 34.6 Å². The van der Waals surface area contributed by atoms with Gasteiger partial charge in [-0.05, 0) is 43.9 Å². The molecule has 17 nitrogen and oxygen atoms in total. The van der Waals surface area contributed by atoms with Crippen molar-refractivity contribution in [1.29, 1.82) is 0 Å². The number of amides is 1. The van der Waals surface area contributed by atoms with E-state index in [4.69, 9.17) is 33.9 Å². The van der Waals surface area contributed by atoms with Crippen molar-refractivity contribution < 1.29 is 52.0 Å². The summed E-state index contributed by atoms with van der Waals surface area (Å²) >= 11 is 0. The van der Waals surface area contributed by atoms with Crippen molar-refractivity contribution in [1.82, 2.24) is 19.7 Å². The first-order chi connectivity index (χ1) is 23.0. The van der Waals surface area contributed by atoms with E-state index in [9.17, 15) is 23.7 Å². The number of nitrogens with zero attached hydrogens (tertiary/aromatic N) is 3. The number of nitrogens with two attached hydrogens (primary N) is 1.